The Hall–Kier alpha value is -1.67. The molecule has 1 saturated carbocycles. The minimum atomic E-state index is -0.614. The van der Waals surface area contributed by atoms with E-state index in [2.05, 4.69) is 6.07 Å². The van der Waals surface area contributed by atoms with Gasteiger partial charge in [0.1, 0.15) is 11.3 Å². The van der Waals surface area contributed by atoms with Gasteiger partial charge in [0.05, 0.1) is 18.9 Å². The van der Waals surface area contributed by atoms with Crippen molar-refractivity contribution < 1.29 is 9.53 Å². The van der Waals surface area contributed by atoms with Crippen molar-refractivity contribution in [2.24, 2.45) is 0 Å². The molecule has 1 fully saturated rings. The molecule has 0 aliphatic heterocycles. The van der Waals surface area contributed by atoms with Crippen molar-refractivity contribution in [1.29, 1.82) is 5.26 Å². The van der Waals surface area contributed by atoms with E-state index < -0.39 is 5.54 Å². The molecule has 0 atom stereocenters. The van der Waals surface area contributed by atoms with Gasteiger partial charge in [0.2, 0.25) is 5.91 Å². The Morgan fingerprint density at radius 3 is 2.68 bits per heavy atom. The summed E-state index contributed by atoms with van der Waals surface area (Å²) in [5.74, 6) is 1.09. The number of para-hydroxylation sites is 1. The summed E-state index contributed by atoms with van der Waals surface area (Å²) >= 11 is 1.46. The van der Waals surface area contributed by atoms with Crippen molar-refractivity contribution in [3.05, 3.63) is 24.3 Å². The molecule has 5 heteroatoms. The largest absolute Gasteiger partial charge is 0.496 e. The molecule has 118 valence electrons. The van der Waals surface area contributed by atoms with E-state index >= 15 is 0 Å². The summed E-state index contributed by atoms with van der Waals surface area (Å²) in [7, 11) is 3.39. The van der Waals surface area contributed by atoms with E-state index in [0.29, 0.717) is 5.75 Å². The number of ether oxygens (including phenoxy) is 1. The molecule has 4 nitrogen and oxygen atoms in total. The van der Waals surface area contributed by atoms with Gasteiger partial charge in [0.15, 0.2) is 0 Å². The third-order valence-electron chi connectivity index (χ3n) is 4.33. The number of amides is 1. The van der Waals surface area contributed by atoms with Gasteiger partial charge in [-0.2, -0.15) is 5.26 Å². The first kappa shape index (κ1) is 16.7. The Bertz CT molecular complexity index is 562. The zero-order valence-corrected chi connectivity index (χ0v) is 14.0. The van der Waals surface area contributed by atoms with E-state index in [9.17, 15) is 10.1 Å². The molecule has 1 aromatic rings. The van der Waals surface area contributed by atoms with Crippen LogP contribution in [0.25, 0.3) is 0 Å². The molecule has 0 radical (unpaired) electrons. The third kappa shape index (κ3) is 3.56. The van der Waals surface area contributed by atoms with Gasteiger partial charge >= 0.3 is 0 Å². The molecule has 22 heavy (non-hydrogen) atoms. The zero-order valence-electron chi connectivity index (χ0n) is 13.2. The Labute approximate surface area is 136 Å². The number of rotatable bonds is 5. The number of hydrogen-bond donors (Lipinski definition) is 0. The van der Waals surface area contributed by atoms with Gasteiger partial charge in [0, 0.05) is 11.9 Å². The summed E-state index contributed by atoms with van der Waals surface area (Å²) in [6.07, 6.45) is 4.76. The Morgan fingerprint density at radius 1 is 1.36 bits per heavy atom. The van der Waals surface area contributed by atoms with E-state index in [1.165, 1.54) is 11.8 Å². The van der Waals surface area contributed by atoms with Crippen LogP contribution in [0.2, 0.25) is 0 Å². The van der Waals surface area contributed by atoms with Gasteiger partial charge in [-0.15, -0.1) is 11.8 Å². The highest BCUT2D eigenvalue weighted by atomic mass is 32.2. The van der Waals surface area contributed by atoms with Crippen LogP contribution < -0.4 is 4.74 Å². The first-order valence-corrected chi connectivity index (χ1v) is 8.55. The number of benzene rings is 1. The van der Waals surface area contributed by atoms with Gasteiger partial charge in [-0.3, -0.25) is 4.79 Å². The van der Waals surface area contributed by atoms with Gasteiger partial charge in [-0.25, -0.2) is 0 Å². The molecule has 1 amide bonds. The van der Waals surface area contributed by atoms with E-state index in [1.54, 1.807) is 19.1 Å². The Morgan fingerprint density at radius 2 is 2.05 bits per heavy atom. The van der Waals surface area contributed by atoms with Crippen molar-refractivity contribution in [2.45, 2.75) is 42.5 Å². The van der Waals surface area contributed by atoms with Crippen LogP contribution in [0, 0.1) is 11.3 Å². The summed E-state index contributed by atoms with van der Waals surface area (Å²) in [6, 6.07) is 10.0. The van der Waals surface area contributed by atoms with E-state index in [-0.39, 0.29) is 5.91 Å². The van der Waals surface area contributed by atoms with E-state index in [4.69, 9.17) is 4.74 Å². The van der Waals surface area contributed by atoms with Crippen LogP contribution in [-0.2, 0) is 4.79 Å². The third-order valence-corrected chi connectivity index (χ3v) is 5.36. The number of carbonyl (C=O) groups is 1. The lowest BCUT2D eigenvalue weighted by molar-refractivity contribution is -0.131. The van der Waals surface area contributed by atoms with Gasteiger partial charge in [0.25, 0.3) is 0 Å². The minimum Gasteiger partial charge on any atom is -0.496 e. The highest BCUT2D eigenvalue weighted by Gasteiger charge is 2.38. The lowest BCUT2D eigenvalue weighted by Gasteiger charge is -2.39. The average Bonchev–Trinajstić information content (AvgIpc) is 2.59. The first-order chi connectivity index (χ1) is 10.6. The van der Waals surface area contributed by atoms with E-state index in [0.717, 1.165) is 42.7 Å². The number of nitrogens with zero attached hydrogens (tertiary/aromatic N) is 2. The Kier molecular flexibility index (Phi) is 5.73. The maximum Gasteiger partial charge on any atom is 0.233 e. The fourth-order valence-corrected chi connectivity index (χ4v) is 3.81. The number of methoxy groups -OCH3 is 1. The van der Waals surface area contributed by atoms with Crippen LogP contribution in [0.3, 0.4) is 0 Å². The zero-order chi connectivity index (χ0) is 16.0. The monoisotopic (exact) mass is 318 g/mol. The minimum absolute atomic E-state index is 0.000596. The number of carbonyl (C=O) groups excluding carboxylic acids is 1. The molecular formula is C17H22N2O2S. The van der Waals surface area contributed by atoms with Crippen molar-refractivity contribution in [3.8, 4) is 11.8 Å². The number of nitriles is 1. The SMILES string of the molecule is COc1ccccc1SCC(=O)N(C)C1(C#N)CCCCC1. The smallest absolute Gasteiger partial charge is 0.233 e. The molecule has 0 heterocycles. The van der Waals surface area contributed by atoms with Crippen LogP contribution in [-0.4, -0.2) is 36.3 Å². The maximum atomic E-state index is 12.5. The van der Waals surface area contributed by atoms with Crippen molar-refractivity contribution in [1.82, 2.24) is 4.90 Å². The standard InChI is InChI=1S/C17H22N2O2S/c1-19(17(13-18)10-6-3-7-11-17)16(20)12-22-15-9-5-4-8-14(15)21-2/h4-5,8-9H,3,6-7,10-12H2,1-2H3. The number of thioether (sulfide) groups is 1. The molecular weight excluding hydrogens is 296 g/mol. The lowest BCUT2D eigenvalue weighted by Crippen LogP contribution is -2.50. The van der Waals surface area contributed by atoms with Crippen LogP contribution in [0.15, 0.2) is 29.2 Å². The molecule has 1 aliphatic carbocycles. The predicted molar refractivity (Wildman–Crippen MR) is 87.9 cm³/mol. The van der Waals surface area contributed by atoms with Crippen LogP contribution >= 0.6 is 11.8 Å². The molecule has 1 aliphatic rings. The first-order valence-electron chi connectivity index (χ1n) is 7.57. The summed E-state index contributed by atoms with van der Waals surface area (Å²) in [4.78, 5) is 15.1. The number of hydrogen-bond acceptors (Lipinski definition) is 4. The molecule has 0 N–H and O–H groups in total. The molecule has 0 spiro atoms. The highest BCUT2D eigenvalue weighted by Crippen LogP contribution is 2.34. The Balaban J connectivity index is 2.01. The summed E-state index contributed by atoms with van der Waals surface area (Å²) in [5, 5.41) is 9.56. The summed E-state index contributed by atoms with van der Waals surface area (Å²) < 4.78 is 5.30. The molecule has 0 unspecified atom stereocenters. The van der Waals surface area contributed by atoms with E-state index in [1.807, 2.05) is 24.3 Å². The second-order valence-electron chi connectivity index (χ2n) is 5.60. The quantitative estimate of drug-likeness (QED) is 0.780. The van der Waals surface area contributed by atoms with Crippen LogP contribution in [0.5, 0.6) is 5.75 Å². The fourth-order valence-electron chi connectivity index (χ4n) is 2.87. The van der Waals surface area contributed by atoms with Gasteiger partial charge in [-0.05, 0) is 25.0 Å². The topological polar surface area (TPSA) is 53.3 Å². The predicted octanol–water partition coefficient (Wildman–Crippen LogP) is 3.47. The van der Waals surface area contributed by atoms with Gasteiger partial charge in [-0.1, -0.05) is 31.4 Å². The molecule has 0 bridgehead atoms. The second kappa shape index (κ2) is 7.55. The van der Waals surface area contributed by atoms with Crippen molar-refractivity contribution in [3.63, 3.8) is 0 Å². The second-order valence-corrected chi connectivity index (χ2v) is 6.61. The maximum absolute atomic E-state index is 12.5. The van der Waals surface area contributed by atoms with Crippen LogP contribution in [0.4, 0.5) is 0 Å². The average molecular weight is 318 g/mol. The van der Waals surface area contributed by atoms with Gasteiger partial charge < -0.3 is 9.64 Å². The van der Waals surface area contributed by atoms with Crippen LogP contribution in [0.1, 0.15) is 32.1 Å². The molecule has 0 aromatic heterocycles. The lowest BCUT2D eigenvalue weighted by atomic mass is 9.81. The fraction of sp³-hybridized carbons (Fsp3) is 0.529. The molecule has 2 rings (SSSR count). The highest BCUT2D eigenvalue weighted by molar-refractivity contribution is 8.00. The summed E-state index contributed by atoms with van der Waals surface area (Å²) in [5.41, 5.74) is -0.614. The molecule has 1 aromatic carbocycles. The van der Waals surface area contributed by atoms with Crippen molar-refractivity contribution in [2.75, 3.05) is 19.9 Å². The summed E-state index contributed by atoms with van der Waals surface area (Å²) in [6.45, 7) is 0. The normalized spacial score (nSPS) is 16.6. The molecule has 0 saturated heterocycles. The van der Waals surface area contributed by atoms with Crippen molar-refractivity contribution >= 4 is 17.7 Å².